The monoisotopic (exact) mass is 188 g/mol. The van der Waals surface area contributed by atoms with Crippen LogP contribution in [-0.2, 0) is 12.8 Å². The van der Waals surface area contributed by atoms with Crippen LogP contribution in [0.5, 0.6) is 0 Å². The molecule has 0 heteroatoms. The molecule has 0 amide bonds. The summed E-state index contributed by atoms with van der Waals surface area (Å²) in [5.41, 5.74) is 6.09. The molecule has 1 aromatic carbocycles. The van der Waals surface area contributed by atoms with E-state index in [1.807, 2.05) is 0 Å². The summed E-state index contributed by atoms with van der Waals surface area (Å²) < 4.78 is 0. The molecule has 0 radical (unpaired) electrons. The quantitative estimate of drug-likeness (QED) is 0.582. The van der Waals surface area contributed by atoms with Crippen LogP contribution in [0.3, 0.4) is 0 Å². The molecule has 0 nitrogen and oxygen atoms in total. The molecule has 1 aromatic rings. The molecule has 0 saturated carbocycles. The summed E-state index contributed by atoms with van der Waals surface area (Å²) in [6.07, 6.45) is 2.55. The third-order valence-corrected chi connectivity index (χ3v) is 3.87. The van der Waals surface area contributed by atoms with Crippen molar-refractivity contribution in [2.45, 2.75) is 40.5 Å². The Balaban J connectivity index is 2.42. The van der Waals surface area contributed by atoms with Crippen LogP contribution in [0.4, 0.5) is 0 Å². The van der Waals surface area contributed by atoms with Gasteiger partial charge >= 0.3 is 0 Å². The van der Waals surface area contributed by atoms with Gasteiger partial charge in [0, 0.05) is 0 Å². The van der Waals surface area contributed by atoms with Crippen LogP contribution in [0.2, 0.25) is 0 Å². The number of hydrogen-bond donors (Lipinski definition) is 0. The van der Waals surface area contributed by atoms with Gasteiger partial charge in [0.2, 0.25) is 0 Å². The molecule has 0 saturated heterocycles. The van der Waals surface area contributed by atoms with Crippen LogP contribution in [0.15, 0.2) is 12.1 Å². The molecule has 0 bridgehead atoms. The third kappa shape index (κ3) is 1.58. The topological polar surface area (TPSA) is 0 Å². The number of rotatable bonds is 0. The van der Waals surface area contributed by atoms with Crippen LogP contribution in [0.1, 0.15) is 36.1 Å². The average Bonchev–Trinajstić information content (AvgIpc) is 2.11. The van der Waals surface area contributed by atoms with Crippen molar-refractivity contribution in [3.05, 3.63) is 34.4 Å². The lowest BCUT2D eigenvalue weighted by Gasteiger charge is -2.28. The molecular weight excluding hydrogens is 168 g/mol. The summed E-state index contributed by atoms with van der Waals surface area (Å²) >= 11 is 0. The molecule has 76 valence electrons. The second-order valence-corrected chi connectivity index (χ2v) is 5.07. The molecular formula is C14H20. The predicted octanol–water partition coefficient (Wildman–Crippen LogP) is 3.67. The highest BCUT2D eigenvalue weighted by molar-refractivity contribution is 5.39. The number of benzene rings is 1. The smallest absolute Gasteiger partial charge is 0.0248 e. The highest BCUT2D eigenvalue weighted by atomic mass is 14.3. The normalized spacial score (nSPS) is 26.0. The Morgan fingerprint density at radius 3 is 1.57 bits per heavy atom. The number of hydrogen-bond acceptors (Lipinski definition) is 0. The van der Waals surface area contributed by atoms with E-state index >= 15 is 0 Å². The van der Waals surface area contributed by atoms with E-state index in [9.17, 15) is 0 Å². The van der Waals surface area contributed by atoms with Gasteiger partial charge in [-0.3, -0.25) is 0 Å². The maximum Gasteiger partial charge on any atom is -0.0248 e. The van der Waals surface area contributed by atoms with Crippen molar-refractivity contribution >= 4 is 0 Å². The second kappa shape index (κ2) is 3.42. The number of fused-ring (bicyclic) bond motifs is 1. The highest BCUT2D eigenvalue weighted by Crippen LogP contribution is 2.31. The number of aryl methyl sites for hydroxylation is 2. The highest BCUT2D eigenvalue weighted by Gasteiger charge is 2.21. The first kappa shape index (κ1) is 9.76. The zero-order valence-corrected chi connectivity index (χ0v) is 9.72. The summed E-state index contributed by atoms with van der Waals surface area (Å²) in [7, 11) is 0. The van der Waals surface area contributed by atoms with E-state index in [0.29, 0.717) is 0 Å². The van der Waals surface area contributed by atoms with Crippen LogP contribution >= 0.6 is 0 Å². The maximum absolute atomic E-state index is 2.40. The maximum atomic E-state index is 2.40. The molecule has 0 spiro atoms. The Hall–Kier alpha value is -0.780. The van der Waals surface area contributed by atoms with Gasteiger partial charge in [0.15, 0.2) is 0 Å². The average molecular weight is 188 g/mol. The van der Waals surface area contributed by atoms with E-state index in [1.54, 1.807) is 11.1 Å². The van der Waals surface area contributed by atoms with E-state index in [4.69, 9.17) is 0 Å². The van der Waals surface area contributed by atoms with Crippen molar-refractivity contribution in [1.82, 2.24) is 0 Å². The van der Waals surface area contributed by atoms with Crippen molar-refractivity contribution in [1.29, 1.82) is 0 Å². The van der Waals surface area contributed by atoms with Crippen LogP contribution in [-0.4, -0.2) is 0 Å². The molecule has 0 N–H and O–H groups in total. The van der Waals surface area contributed by atoms with E-state index < -0.39 is 0 Å². The molecule has 1 aliphatic carbocycles. The first-order valence-electron chi connectivity index (χ1n) is 5.67. The minimum Gasteiger partial charge on any atom is -0.0619 e. The fourth-order valence-electron chi connectivity index (χ4n) is 2.41. The summed E-state index contributed by atoms with van der Waals surface area (Å²) in [5, 5.41) is 0. The molecule has 2 atom stereocenters. The molecule has 0 aliphatic heterocycles. The van der Waals surface area contributed by atoms with Crippen LogP contribution in [0, 0.1) is 25.7 Å². The van der Waals surface area contributed by atoms with Crippen molar-refractivity contribution in [3.8, 4) is 0 Å². The van der Waals surface area contributed by atoms with Crippen LogP contribution in [0.25, 0.3) is 0 Å². The van der Waals surface area contributed by atoms with E-state index in [0.717, 1.165) is 11.8 Å². The minimum atomic E-state index is 0.851. The van der Waals surface area contributed by atoms with E-state index in [2.05, 4.69) is 39.8 Å². The standard InChI is InChI=1S/C14H20/c1-9-5-13-7-11(3)12(4)8-14(13)6-10(9)2/h5-6,11-12H,7-8H2,1-4H3. The lowest BCUT2D eigenvalue weighted by Crippen LogP contribution is -2.20. The Kier molecular flexibility index (Phi) is 2.38. The van der Waals surface area contributed by atoms with Gasteiger partial charge in [0.05, 0.1) is 0 Å². The zero-order chi connectivity index (χ0) is 10.3. The first-order chi connectivity index (χ1) is 6.58. The van der Waals surface area contributed by atoms with Gasteiger partial charge in [-0.05, 0) is 60.8 Å². The fourth-order valence-corrected chi connectivity index (χ4v) is 2.41. The molecule has 0 aromatic heterocycles. The van der Waals surface area contributed by atoms with Gasteiger partial charge < -0.3 is 0 Å². The lowest BCUT2D eigenvalue weighted by atomic mass is 9.77. The van der Waals surface area contributed by atoms with Crippen LogP contribution < -0.4 is 0 Å². The Bertz CT molecular complexity index is 314. The van der Waals surface area contributed by atoms with Crippen molar-refractivity contribution in [2.24, 2.45) is 11.8 Å². The van der Waals surface area contributed by atoms with Gasteiger partial charge in [-0.25, -0.2) is 0 Å². The molecule has 1 aliphatic rings. The SMILES string of the molecule is Cc1cc2c(cc1C)CC(C)C(C)C2. The molecule has 0 fully saturated rings. The second-order valence-electron chi connectivity index (χ2n) is 5.07. The van der Waals surface area contributed by atoms with E-state index in [-0.39, 0.29) is 0 Å². The van der Waals surface area contributed by atoms with Gasteiger partial charge in [0.25, 0.3) is 0 Å². The van der Waals surface area contributed by atoms with Gasteiger partial charge in [0.1, 0.15) is 0 Å². The summed E-state index contributed by atoms with van der Waals surface area (Å²) in [6.45, 7) is 9.20. The third-order valence-electron chi connectivity index (χ3n) is 3.87. The summed E-state index contributed by atoms with van der Waals surface area (Å²) in [6, 6.07) is 4.79. The Morgan fingerprint density at radius 2 is 1.21 bits per heavy atom. The zero-order valence-electron chi connectivity index (χ0n) is 9.72. The Labute approximate surface area is 87.3 Å². The van der Waals surface area contributed by atoms with Crippen molar-refractivity contribution in [2.75, 3.05) is 0 Å². The molecule has 2 rings (SSSR count). The molecule has 0 heterocycles. The summed E-state index contributed by atoms with van der Waals surface area (Å²) in [5.74, 6) is 1.70. The minimum absolute atomic E-state index is 0.851. The Morgan fingerprint density at radius 1 is 0.857 bits per heavy atom. The largest absolute Gasteiger partial charge is 0.0619 e. The summed E-state index contributed by atoms with van der Waals surface area (Å²) in [4.78, 5) is 0. The first-order valence-corrected chi connectivity index (χ1v) is 5.67. The van der Waals surface area contributed by atoms with E-state index in [1.165, 1.54) is 24.0 Å². The van der Waals surface area contributed by atoms with Gasteiger partial charge in [-0.15, -0.1) is 0 Å². The molecule has 2 unspecified atom stereocenters. The van der Waals surface area contributed by atoms with Gasteiger partial charge in [-0.1, -0.05) is 26.0 Å². The fraction of sp³-hybridized carbons (Fsp3) is 0.571. The predicted molar refractivity (Wildman–Crippen MR) is 61.7 cm³/mol. The molecule has 14 heavy (non-hydrogen) atoms. The van der Waals surface area contributed by atoms with Gasteiger partial charge in [-0.2, -0.15) is 0 Å². The van der Waals surface area contributed by atoms with Crippen molar-refractivity contribution in [3.63, 3.8) is 0 Å². The lowest BCUT2D eigenvalue weighted by molar-refractivity contribution is 0.361. The van der Waals surface area contributed by atoms with Crippen molar-refractivity contribution < 1.29 is 0 Å².